The Hall–Kier alpha value is -0.520. The van der Waals surface area contributed by atoms with E-state index in [2.05, 4.69) is 4.98 Å². The molecule has 0 atom stereocenters. The lowest BCUT2D eigenvalue weighted by Crippen LogP contribution is -2.03. The molecule has 1 heterocycles. The minimum atomic E-state index is -2.61. The molecule has 0 bridgehead atoms. The summed E-state index contributed by atoms with van der Waals surface area (Å²) >= 11 is 0. The fraction of sp³-hybridized carbons (Fsp3) is 0.500. The summed E-state index contributed by atoms with van der Waals surface area (Å²) in [5.74, 6) is 0. The van der Waals surface area contributed by atoms with Gasteiger partial charge in [-0.25, -0.2) is 8.96 Å². The predicted molar refractivity (Wildman–Crippen MR) is 47.7 cm³/mol. The normalized spacial score (nSPS) is 11.7. The van der Waals surface area contributed by atoms with Gasteiger partial charge in [0.1, 0.15) is 6.33 Å². The molecule has 0 aromatic carbocycles. The highest BCUT2D eigenvalue weighted by Crippen LogP contribution is 2.34. The maximum atomic E-state index is 8.94. The Morgan fingerprint density at radius 3 is 2.09 bits per heavy atom. The summed E-state index contributed by atoms with van der Waals surface area (Å²) < 4.78 is 19.2. The summed E-state index contributed by atoms with van der Waals surface area (Å²) in [4.78, 5) is 3.65. The molecule has 1 aromatic rings. The van der Waals surface area contributed by atoms with Gasteiger partial charge in [-0.1, -0.05) is 13.8 Å². The van der Waals surface area contributed by atoms with Crippen molar-refractivity contribution < 1.29 is 9.11 Å². The smallest absolute Gasteiger partial charge is 0.114 e. The van der Waals surface area contributed by atoms with Gasteiger partial charge in [0.2, 0.25) is 0 Å². The molecule has 0 unspecified atom stereocenters. The maximum absolute atomic E-state index is 8.94. The SMILES string of the molecule is CC.CS(O)(O)n1ccnc1. The van der Waals surface area contributed by atoms with Crippen LogP contribution in [0.4, 0.5) is 0 Å². The van der Waals surface area contributed by atoms with E-state index in [1.165, 1.54) is 28.9 Å². The molecule has 0 spiro atoms. The van der Waals surface area contributed by atoms with Crippen LogP contribution in [0.2, 0.25) is 0 Å². The highest BCUT2D eigenvalue weighted by atomic mass is 32.3. The van der Waals surface area contributed by atoms with E-state index in [-0.39, 0.29) is 0 Å². The predicted octanol–water partition coefficient (Wildman–Crippen LogP) is 2.05. The first-order valence-electron chi connectivity index (χ1n) is 3.32. The molecule has 11 heavy (non-hydrogen) atoms. The van der Waals surface area contributed by atoms with Crippen LogP contribution >= 0.6 is 10.8 Å². The topological polar surface area (TPSA) is 58.3 Å². The van der Waals surface area contributed by atoms with Crippen molar-refractivity contribution >= 4 is 10.8 Å². The first-order chi connectivity index (χ1) is 5.11. The molecule has 0 aliphatic carbocycles. The number of hydrogen-bond acceptors (Lipinski definition) is 3. The maximum Gasteiger partial charge on any atom is 0.114 e. The molecule has 66 valence electrons. The molecule has 4 nitrogen and oxygen atoms in total. The standard InChI is InChI=1S/C4H8N2O2S.C2H6/c1-9(7,8)6-3-2-5-4-6;1-2/h2-4,7-8H,1H3;1-2H3. The highest BCUT2D eigenvalue weighted by Gasteiger charge is 2.02. The molecule has 0 aliphatic rings. The van der Waals surface area contributed by atoms with Gasteiger partial charge in [-0.3, -0.25) is 9.11 Å². The number of rotatable bonds is 1. The average molecular weight is 178 g/mol. The molecule has 0 radical (unpaired) electrons. The number of imidazole rings is 1. The average Bonchev–Trinajstić information content (AvgIpc) is 2.40. The van der Waals surface area contributed by atoms with Gasteiger partial charge in [0, 0.05) is 18.6 Å². The third-order valence-electron chi connectivity index (χ3n) is 0.880. The molecule has 0 amide bonds. The van der Waals surface area contributed by atoms with Gasteiger partial charge >= 0.3 is 0 Å². The van der Waals surface area contributed by atoms with Crippen molar-refractivity contribution in [2.24, 2.45) is 0 Å². The largest absolute Gasteiger partial charge is 0.282 e. The van der Waals surface area contributed by atoms with Gasteiger partial charge in [0.25, 0.3) is 0 Å². The second-order valence-corrected chi connectivity index (χ2v) is 3.72. The molecule has 2 N–H and O–H groups in total. The number of aromatic nitrogens is 2. The fourth-order valence-corrected chi connectivity index (χ4v) is 0.970. The zero-order valence-electron chi connectivity index (χ0n) is 6.93. The second-order valence-electron chi connectivity index (χ2n) is 1.72. The minimum Gasteiger partial charge on any atom is -0.282 e. The van der Waals surface area contributed by atoms with Crippen molar-refractivity contribution in [3.63, 3.8) is 0 Å². The van der Waals surface area contributed by atoms with Crippen LogP contribution in [0.25, 0.3) is 0 Å². The molecule has 0 aliphatic heterocycles. The molecule has 0 saturated carbocycles. The molecular weight excluding hydrogens is 164 g/mol. The summed E-state index contributed by atoms with van der Waals surface area (Å²) in [5.41, 5.74) is 0. The highest BCUT2D eigenvalue weighted by molar-refractivity contribution is 8.22. The van der Waals surface area contributed by atoms with Crippen molar-refractivity contribution in [2.45, 2.75) is 13.8 Å². The Bertz CT molecular complexity index is 181. The van der Waals surface area contributed by atoms with Gasteiger partial charge in [-0.15, -0.1) is 10.8 Å². The van der Waals surface area contributed by atoms with Crippen molar-refractivity contribution in [3.8, 4) is 0 Å². The fourth-order valence-electron chi connectivity index (χ4n) is 0.451. The molecule has 0 fully saturated rings. The van der Waals surface area contributed by atoms with Crippen LogP contribution in [0.15, 0.2) is 18.7 Å². The van der Waals surface area contributed by atoms with Crippen LogP contribution in [0.3, 0.4) is 0 Å². The summed E-state index contributed by atoms with van der Waals surface area (Å²) in [5, 5.41) is 0. The van der Waals surface area contributed by atoms with E-state index in [1.54, 1.807) is 0 Å². The van der Waals surface area contributed by atoms with Gasteiger partial charge < -0.3 is 0 Å². The molecule has 1 rings (SSSR count). The lowest BCUT2D eigenvalue weighted by atomic mass is 11.0. The van der Waals surface area contributed by atoms with Gasteiger partial charge in [0.05, 0.1) is 0 Å². The van der Waals surface area contributed by atoms with E-state index in [1.807, 2.05) is 13.8 Å². The van der Waals surface area contributed by atoms with E-state index < -0.39 is 10.8 Å². The van der Waals surface area contributed by atoms with Crippen LogP contribution in [-0.4, -0.2) is 24.3 Å². The van der Waals surface area contributed by atoms with Crippen molar-refractivity contribution in [3.05, 3.63) is 18.7 Å². The van der Waals surface area contributed by atoms with E-state index in [4.69, 9.17) is 9.11 Å². The summed E-state index contributed by atoms with van der Waals surface area (Å²) in [7, 11) is -2.61. The molecule has 5 heteroatoms. The summed E-state index contributed by atoms with van der Waals surface area (Å²) in [6, 6.07) is 0. The quantitative estimate of drug-likeness (QED) is 0.692. The Morgan fingerprint density at radius 1 is 1.36 bits per heavy atom. The van der Waals surface area contributed by atoms with Crippen molar-refractivity contribution in [2.75, 3.05) is 6.26 Å². The third kappa shape index (κ3) is 3.41. The van der Waals surface area contributed by atoms with Crippen LogP contribution in [0.5, 0.6) is 0 Å². The van der Waals surface area contributed by atoms with E-state index >= 15 is 0 Å². The molecule has 0 saturated heterocycles. The van der Waals surface area contributed by atoms with Crippen LogP contribution in [0.1, 0.15) is 13.8 Å². The van der Waals surface area contributed by atoms with Gasteiger partial charge in [-0.05, 0) is 0 Å². The van der Waals surface area contributed by atoms with Crippen LogP contribution < -0.4 is 0 Å². The molecule has 1 aromatic heterocycles. The van der Waals surface area contributed by atoms with Crippen molar-refractivity contribution in [1.82, 2.24) is 8.96 Å². The van der Waals surface area contributed by atoms with E-state index in [9.17, 15) is 0 Å². The first-order valence-corrected chi connectivity index (χ1v) is 5.23. The summed E-state index contributed by atoms with van der Waals surface area (Å²) in [6.45, 7) is 4.00. The number of hydrogen-bond donors (Lipinski definition) is 2. The van der Waals surface area contributed by atoms with Gasteiger partial charge in [0.15, 0.2) is 0 Å². The summed E-state index contributed by atoms with van der Waals surface area (Å²) in [6.07, 6.45) is 5.72. The zero-order valence-corrected chi connectivity index (χ0v) is 7.75. The third-order valence-corrected chi connectivity index (χ3v) is 1.89. The van der Waals surface area contributed by atoms with Crippen LogP contribution in [-0.2, 0) is 0 Å². The lowest BCUT2D eigenvalue weighted by molar-refractivity contribution is 0.483. The first kappa shape index (κ1) is 10.5. The molecular formula is C6H14N2O2S. The Balaban J connectivity index is 0.000000461. The monoisotopic (exact) mass is 178 g/mol. The lowest BCUT2D eigenvalue weighted by Gasteiger charge is -2.27. The zero-order chi connectivity index (χ0) is 8.91. The second kappa shape index (κ2) is 4.38. The van der Waals surface area contributed by atoms with E-state index in [0.29, 0.717) is 0 Å². The Kier molecular flexibility index (Phi) is 4.17. The Morgan fingerprint density at radius 2 is 1.91 bits per heavy atom. The van der Waals surface area contributed by atoms with Gasteiger partial charge in [-0.2, -0.15) is 0 Å². The van der Waals surface area contributed by atoms with E-state index in [0.717, 1.165) is 0 Å². The minimum absolute atomic E-state index is 1.27. The van der Waals surface area contributed by atoms with Crippen LogP contribution in [0, 0.1) is 0 Å². The Labute approximate surface area is 68.4 Å². The number of nitrogens with zero attached hydrogens (tertiary/aromatic N) is 2. The van der Waals surface area contributed by atoms with Crippen molar-refractivity contribution in [1.29, 1.82) is 0 Å².